The van der Waals surface area contributed by atoms with Crippen LogP contribution in [0, 0.1) is 0 Å². The maximum Gasteiger partial charge on any atom is 0.401 e. The third kappa shape index (κ3) is 8.41. The van der Waals surface area contributed by atoms with Crippen molar-refractivity contribution in [2.24, 2.45) is 0 Å². The van der Waals surface area contributed by atoms with Crippen molar-refractivity contribution in [1.29, 1.82) is 0 Å². The molecule has 1 N–H and O–H groups in total. The van der Waals surface area contributed by atoms with Crippen molar-refractivity contribution in [3.63, 3.8) is 0 Å². The van der Waals surface area contributed by atoms with E-state index in [1.54, 1.807) is 20.8 Å². The Morgan fingerprint density at radius 3 is 2.32 bits per heavy atom. The largest absolute Gasteiger partial charge is 0.465 e. The number of alkyl halides is 3. The topological polar surface area (TPSA) is 58.6 Å². The molecule has 0 fully saturated rings. The predicted molar refractivity (Wildman–Crippen MR) is 62.4 cm³/mol. The molecular formula is C11H19F3N2O3. The van der Waals surface area contributed by atoms with E-state index in [1.165, 1.54) is 4.90 Å². The highest BCUT2D eigenvalue weighted by Gasteiger charge is 2.27. The normalized spacial score (nSPS) is 11.5. The number of carbonyl (C=O) groups is 2. The van der Waals surface area contributed by atoms with Gasteiger partial charge in [0.1, 0.15) is 6.54 Å². The lowest BCUT2D eigenvalue weighted by Crippen LogP contribution is -2.46. The lowest BCUT2D eigenvalue weighted by molar-refractivity contribution is -0.150. The fraction of sp³-hybridized carbons (Fsp3) is 0.818. The minimum Gasteiger partial charge on any atom is -0.465 e. The molecule has 19 heavy (non-hydrogen) atoms. The van der Waals surface area contributed by atoms with Gasteiger partial charge in [-0.1, -0.05) is 0 Å². The zero-order valence-corrected chi connectivity index (χ0v) is 11.2. The summed E-state index contributed by atoms with van der Waals surface area (Å²) in [6.07, 6.45) is -4.37. The van der Waals surface area contributed by atoms with Crippen LogP contribution in [0.25, 0.3) is 0 Å². The lowest BCUT2D eigenvalue weighted by Gasteiger charge is -2.26. The summed E-state index contributed by atoms with van der Waals surface area (Å²) in [6.45, 7) is 3.16. The zero-order chi connectivity index (χ0) is 15.1. The van der Waals surface area contributed by atoms with E-state index in [-0.39, 0.29) is 19.2 Å². The summed E-state index contributed by atoms with van der Waals surface area (Å²) in [6, 6.07) is -0.301. The number of ether oxygens (including phenoxy) is 1. The van der Waals surface area contributed by atoms with Crippen molar-refractivity contribution in [2.75, 3.05) is 26.2 Å². The van der Waals surface area contributed by atoms with Crippen molar-refractivity contribution in [2.45, 2.75) is 33.0 Å². The fourth-order valence-corrected chi connectivity index (χ4v) is 1.32. The van der Waals surface area contributed by atoms with E-state index >= 15 is 0 Å². The molecule has 0 aromatic heterocycles. The molecule has 0 bridgehead atoms. The first-order valence-electron chi connectivity index (χ1n) is 5.90. The Kier molecular flexibility index (Phi) is 7.43. The molecule has 0 rings (SSSR count). The number of carbonyl (C=O) groups excluding carboxylic acids is 2. The van der Waals surface area contributed by atoms with Crippen LogP contribution in [0.1, 0.15) is 20.8 Å². The van der Waals surface area contributed by atoms with Crippen molar-refractivity contribution < 1.29 is 27.5 Å². The second-order valence-corrected chi connectivity index (χ2v) is 4.14. The highest BCUT2D eigenvalue weighted by atomic mass is 19.4. The van der Waals surface area contributed by atoms with Crippen molar-refractivity contribution in [3.8, 4) is 0 Å². The van der Waals surface area contributed by atoms with Crippen LogP contribution in [0.2, 0.25) is 0 Å². The quantitative estimate of drug-likeness (QED) is 0.707. The molecule has 0 aliphatic rings. The van der Waals surface area contributed by atoms with Gasteiger partial charge < -0.3 is 15.0 Å². The molecule has 0 aliphatic carbocycles. The Bertz CT molecular complexity index is 306. The Morgan fingerprint density at radius 2 is 1.89 bits per heavy atom. The zero-order valence-electron chi connectivity index (χ0n) is 11.2. The third-order valence-electron chi connectivity index (χ3n) is 2.15. The molecule has 112 valence electrons. The van der Waals surface area contributed by atoms with Crippen molar-refractivity contribution in [1.82, 2.24) is 10.2 Å². The number of halogens is 3. The molecule has 0 aromatic carbocycles. The van der Waals surface area contributed by atoms with E-state index in [0.717, 1.165) is 0 Å². The minimum atomic E-state index is -4.37. The highest BCUT2D eigenvalue weighted by Crippen LogP contribution is 2.12. The molecule has 0 aliphatic heterocycles. The molecule has 0 unspecified atom stereocenters. The van der Waals surface area contributed by atoms with Gasteiger partial charge in [-0.05, 0) is 20.8 Å². The van der Waals surface area contributed by atoms with Gasteiger partial charge in [0.25, 0.3) is 0 Å². The molecule has 0 aromatic rings. The molecule has 0 saturated heterocycles. The van der Waals surface area contributed by atoms with Gasteiger partial charge in [0.15, 0.2) is 0 Å². The van der Waals surface area contributed by atoms with E-state index in [0.29, 0.717) is 0 Å². The maximum atomic E-state index is 11.9. The monoisotopic (exact) mass is 284 g/mol. The molecule has 0 saturated carbocycles. The maximum absolute atomic E-state index is 11.9. The Balaban J connectivity index is 4.30. The molecular weight excluding hydrogens is 265 g/mol. The van der Waals surface area contributed by atoms with Gasteiger partial charge in [-0.15, -0.1) is 0 Å². The highest BCUT2D eigenvalue weighted by molar-refractivity contribution is 5.83. The van der Waals surface area contributed by atoms with E-state index in [2.05, 4.69) is 0 Å². The van der Waals surface area contributed by atoms with Gasteiger partial charge >= 0.3 is 12.1 Å². The summed E-state index contributed by atoms with van der Waals surface area (Å²) >= 11 is 0. The van der Waals surface area contributed by atoms with E-state index in [4.69, 9.17) is 4.74 Å². The van der Waals surface area contributed by atoms with Gasteiger partial charge in [-0.2, -0.15) is 13.2 Å². The van der Waals surface area contributed by atoms with E-state index in [9.17, 15) is 22.8 Å². The van der Waals surface area contributed by atoms with Crippen molar-refractivity contribution in [3.05, 3.63) is 0 Å². The molecule has 0 radical (unpaired) electrons. The van der Waals surface area contributed by atoms with Crippen LogP contribution in [-0.2, 0) is 14.3 Å². The van der Waals surface area contributed by atoms with Crippen LogP contribution in [0.4, 0.5) is 13.2 Å². The first kappa shape index (κ1) is 17.7. The number of amides is 1. The van der Waals surface area contributed by atoms with Gasteiger partial charge in [-0.25, -0.2) is 0 Å². The minimum absolute atomic E-state index is 0.186. The molecule has 8 heteroatoms. The summed E-state index contributed by atoms with van der Waals surface area (Å²) < 4.78 is 40.4. The van der Waals surface area contributed by atoms with Crippen LogP contribution >= 0.6 is 0 Å². The lowest BCUT2D eigenvalue weighted by atomic mass is 10.3. The van der Waals surface area contributed by atoms with Crippen molar-refractivity contribution >= 4 is 11.9 Å². The van der Waals surface area contributed by atoms with E-state index < -0.39 is 31.1 Å². The van der Waals surface area contributed by atoms with Gasteiger partial charge in [-0.3, -0.25) is 9.59 Å². The van der Waals surface area contributed by atoms with Gasteiger partial charge in [0, 0.05) is 6.04 Å². The van der Waals surface area contributed by atoms with Crippen LogP contribution in [0.15, 0.2) is 0 Å². The molecule has 0 spiro atoms. The van der Waals surface area contributed by atoms with Crippen LogP contribution in [0.5, 0.6) is 0 Å². The summed E-state index contributed by atoms with van der Waals surface area (Å²) in [5, 5.41) is 2.00. The van der Waals surface area contributed by atoms with Gasteiger partial charge in [0.2, 0.25) is 5.91 Å². The van der Waals surface area contributed by atoms with E-state index in [1.807, 2.05) is 5.32 Å². The second-order valence-electron chi connectivity index (χ2n) is 4.14. The average Bonchev–Trinajstić information content (AvgIpc) is 2.23. The number of rotatable bonds is 7. The Morgan fingerprint density at radius 1 is 1.32 bits per heavy atom. The van der Waals surface area contributed by atoms with Crippen LogP contribution in [-0.4, -0.2) is 55.2 Å². The first-order valence-corrected chi connectivity index (χ1v) is 5.90. The summed E-state index contributed by atoms with van der Waals surface area (Å²) in [5.41, 5.74) is 0. The standard InChI is InChI=1S/C11H19F3N2O3/c1-4-19-10(18)6-16(8(2)3)9(17)5-15-7-11(12,13)14/h8,15H,4-7H2,1-3H3. The molecule has 0 heterocycles. The molecule has 1 amide bonds. The smallest absolute Gasteiger partial charge is 0.401 e. The number of esters is 1. The average molecular weight is 284 g/mol. The third-order valence-corrected chi connectivity index (χ3v) is 2.15. The predicted octanol–water partition coefficient (Wildman–Crippen LogP) is 0.938. The van der Waals surface area contributed by atoms with Crippen LogP contribution < -0.4 is 5.32 Å². The Hall–Kier alpha value is -1.31. The first-order chi connectivity index (χ1) is 8.67. The fourth-order valence-electron chi connectivity index (χ4n) is 1.32. The number of nitrogens with one attached hydrogen (secondary N) is 1. The summed E-state index contributed by atoms with van der Waals surface area (Å²) in [7, 11) is 0. The summed E-state index contributed by atoms with van der Waals surface area (Å²) in [4.78, 5) is 24.1. The second kappa shape index (κ2) is 7.98. The number of hydrogen-bond acceptors (Lipinski definition) is 4. The molecule has 0 atom stereocenters. The number of nitrogens with zero attached hydrogens (tertiary/aromatic N) is 1. The number of hydrogen-bond donors (Lipinski definition) is 1. The molecule has 5 nitrogen and oxygen atoms in total. The SMILES string of the molecule is CCOC(=O)CN(C(=O)CNCC(F)(F)F)C(C)C. The van der Waals surface area contributed by atoms with Crippen LogP contribution in [0.3, 0.4) is 0 Å². The Labute approximate surface area is 110 Å². The summed E-state index contributed by atoms with van der Waals surface area (Å²) in [5.74, 6) is -1.16. The van der Waals surface area contributed by atoms with Gasteiger partial charge in [0.05, 0.1) is 19.7 Å².